The molecule has 0 rings (SSSR count). The molecule has 0 heterocycles. The van der Waals surface area contributed by atoms with Crippen LogP contribution in [0.15, 0.2) is 12.7 Å². The third kappa shape index (κ3) is 1.81. The third-order valence-electron chi connectivity index (χ3n) is 2.48. The predicted molar refractivity (Wildman–Crippen MR) is 50.9 cm³/mol. The van der Waals surface area contributed by atoms with E-state index >= 15 is 0 Å². The van der Waals surface area contributed by atoms with Crippen LogP contribution in [0.25, 0.3) is 0 Å². The molecule has 0 aliphatic carbocycles. The third-order valence-corrected chi connectivity index (χ3v) is 3.20. The van der Waals surface area contributed by atoms with Crippen molar-refractivity contribution in [3.8, 4) is 0 Å². The van der Waals surface area contributed by atoms with E-state index in [1.54, 1.807) is 0 Å². The Labute approximate surface area is 66.5 Å². The van der Waals surface area contributed by atoms with E-state index in [-0.39, 0.29) is 11.0 Å². The summed E-state index contributed by atoms with van der Waals surface area (Å²) >= 11 is 0. The smallest absolute Gasteiger partial charge is 0.0242 e. The molecule has 0 saturated carbocycles. The summed E-state index contributed by atoms with van der Waals surface area (Å²) in [5.74, 6) is 0. The number of rotatable bonds is 3. The quantitative estimate of drug-likeness (QED) is 0.492. The Balaban J connectivity index is 4.43. The van der Waals surface area contributed by atoms with Gasteiger partial charge in [0, 0.05) is 11.0 Å². The van der Waals surface area contributed by atoms with Gasteiger partial charge in [-0.05, 0) is 13.8 Å². The summed E-state index contributed by atoms with van der Waals surface area (Å²) < 4.78 is 0. The van der Waals surface area contributed by atoms with Crippen LogP contribution >= 0.6 is 9.39 Å². The largest absolute Gasteiger partial charge is 0.295 e. The molecule has 1 nitrogen and oxygen atoms in total. The topological polar surface area (TPSA) is 12.0 Å². The maximum absolute atomic E-state index is 3.80. The molecule has 0 aromatic heterocycles. The van der Waals surface area contributed by atoms with Gasteiger partial charge >= 0.3 is 0 Å². The van der Waals surface area contributed by atoms with E-state index in [0.717, 1.165) is 0 Å². The lowest BCUT2D eigenvalue weighted by molar-refractivity contribution is 0.252. The summed E-state index contributed by atoms with van der Waals surface area (Å²) in [5.41, 5.74) is 0.203. The number of hydrogen-bond donors (Lipinski definition) is 1. The van der Waals surface area contributed by atoms with E-state index in [0.29, 0.717) is 0 Å². The highest BCUT2D eigenvalue weighted by atomic mass is 31.0. The molecule has 0 aromatic rings. The second-order valence-corrected chi connectivity index (χ2v) is 3.98. The van der Waals surface area contributed by atoms with Gasteiger partial charge in [0.05, 0.1) is 0 Å². The van der Waals surface area contributed by atoms with Gasteiger partial charge in [0.2, 0.25) is 0 Å². The molecule has 0 fully saturated rings. The Kier molecular flexibility index (Phi) is 3.06. The van der Waals surface area contributed by atoms with E-state index in [4.69, 9.17) is 0 Å². The Hall–Kier alpha value is 0.130. The van der Waals surface area contributed by atoms with Crippen molar-refractivity contribution in [1.82, 2.24) is 5.09 Å². The highest BCUT2D eigenvalue weighted by molar-refractivity contribution is 7.13. The normalized spacial score (nSPS) is 13.3. The first kappa shape index (κ1) is 10.1. The molecule has 0 spiro atoms. The molecule has 1 N–H and O–H groups in total. The molecule has 2 heteroatoms. The first-order chi connectivity index (χ1) is 4.37. The predicted octanol–water partition coefficient (Wildman–Crippen LogP) is 2.36. The van der Waals surface area contributed by atoms with Gasteiger partial charge in [0.15, 0.2) is 0 Å². The second-order valence-electron chi connectivity index (χ2n) is 3.70. The van der Waals surface area contributed by atoms with Crippen LogP contribution < -0.4 is 5.09 Å². The van der Waals surface area contributed by atoms with E-state index in [1.165, 1.54) is 0 Å². The molecule has 0 radical (unpaired) electrons. The highest BCUT2D eigenvalue weighted by Gasteiger charge is 2.32. The van der Waals surface area contributed by atoms with Crippen LogP contribution in [0.3, 0.4) is 0 Å². The monoisotopic (exact) mass is 159 g/mol. The van der Waals surface area contributed by atoms with Gasteiger partial charge in [-0.3, -0.25) is 5.09 Å². The average molecular weight is 159 g/mol. The molecular formula is C8H18NP. The SMILES string of the molecule is C=CC(C)(C)C(C)(C)NP. The van der Waals surface area contributed by atoms with Crippen LogP contribution in [0.5, 0.6) is 0 Å². The summed E-state index contributed by atoms with van der Waals surface area (Å²) in [7, 11) is 2.54. The van der Waals surface area contributed by atoms with Gasteiger partial charge < -0.3 is 0 Å². The molecule has 1 atom stereocenters. The summed E-state index contributed by atoms with van der Waals surface area (Å²) in [6, 6.07) is 0. The fourth-order valence-corrected chi connectivity index (χ4v) is 0.813. The minimum Gasteiger partial charge on any atom is -0.295 e. The van der Waals surface area contributed by atoms with Gasteiger partial charge in [-0.25, -0.2) is 0 Å². The van der Waals surface area contributed by atoms with Crippen LogP contribution in [0.1, 0.15) is 27.7 Å². The van der Waals surface area contributed by atoms with Crippen molar-refractivity contribution in [2.75, 3.05) is 0 Å². The summed E-state index contributed by atoms with van der Waals surface area (Å²) in [5, 5.41) is 3.18. The van der Waals surface area contributed by atoms with Crippen molar-refractivity contribution in [1.29, 1.82) is 0 Å². The fourth-order valence-electron chi connectivity index (χ4n) is 0.441. The maximum atomic E-state index is 3.80. The van der Waals surface area contributed by atoms with E-state index in [1.807, 2.05) is 6.08 Å². The lowest BCUT2D eigenvalue weighted by Crippen LogP contribution is -2.45. The lowest BCUT2D eigenvalue weighted by atomic mass is 9.75. The van der Waals surface area contributed by atoms with E-state index < -0.39 is 0 Å². The van der Waals surface area contributed by atoms with Crippen LogP contribution in [-0.2, 0) is 0 Å². The van der Waals surface area contributed by atoms with Gasteiger partial charge in [-0.1, -0.05) is 29.3 Å². The first-order valence-electron chi connectivity index (χ1n) is 3.49. The standard InChI is InChI=1S/C8H18NP/c1-6-7(2,3)8(4,5)9-10/h6,9H,1,10H2,2-5H3. The Morgan fingerprint density at radius 2 is 1.70 bits per heavy atom. The van der Waals surface area contributed by atoms with Crippen molar-refractivity contribution in [3.05, 3.63) is 12.7 Å². The molecule has 0 aliphatic heterocycles. The zero-order valence-electron chi connectivity index (χ0n) is 7.36. The summed E-state index contributed by atoms with van der Waals surface area (Å²) in [4.78, 5) is 0. The molecule has 60 valence electrons. The lowest BCUT2D eigenvalue weighted by Gasteiger charge is -2.38. The zero-order valence-corrected chi connectivity index (χ0v) is 8.52. The molecule has 0 aliphatic rings. The van der Waals surface area contributed by atoms with Crippen LogP contribution in [0.2, 0.25) is 0 Å². The van der Waals surface area contributed by atoms with Gasteiger partial charge in [-0.15, -0.1) is 6.58 Å². The van der Waals surface area contributed by atoms with Crippen molar-refractivity contribution in [2.24, 2.45) is 5.41 Å². The Morgan fingerprint density at radius 1 is 1.30 bits per heavy atom. The molecule has 1 unspecified atom stereocenters. The summed E-state index contributed by atoms with van der Waals surface area (Å²) in [6.07, 6.45) is 1.98. The summed E-state index contributed by atoms with van der Waals surface area (Å²) in [6.45, 7) is 12.4. The van der Waals surface area contributed by atoms with Crippen molar-refractivity contribution >= 4 is 9.39 Å². The number of hydrogen-bond acceptors (Lipinski definition) is 1. The van der Waals surface area contributed by atoms with Gasteiger partial charge in [0.1, 0.15) is 0 Å². The Morgan fingerprint density at radius 3 is 1.80 bits per heavy atom. The molecule has 0 aromatic carbocycles. The molecule has 10 heavy (non-hydrogen) atoms. The van der Waals surface area contributed by atoms with Crippen LogP contribution in [0, 0.1) is 5.41 Å². The Bertz CT molecular complexity index is 127. The second kappa shape index (κ2) is 3.02. The molecule has 0 bridgehead atoms. The van der Waals surface area contributed by atoms with E-state index in [9.17, 15) is 0 Å². The van der Waals surface area contributed by atoms with Crippen molar-refractivity contribution in [2.45, 2.75) is 33.2 Å². The minimum atomic E-state index is 0.0828. The zero-order chi connectivity index (χ0) is 8.41. The van der Waals surface area contributed by atoms with Crippen molar-refractivity contribution in [3.63, 3.8) is 0 Å². The fraction of sp³-hybridized carbons (Fsp3) is 0.750. The molecule has 0 amide bonds. The molecule has 0 saturated heterocycles. The van der Waals surface area contributed by atoms with Crippen molar-refractivity contribution < 1.29 is 0 Å². The average Bonchev–Trinajstić information content (AvgIpc) is 1.88. The van der Waals surface area contributed by atoms with Gasteiger partial charge in [0.25, 0.3) is 0 Å². The molecular weight excluding hydrogens is 141 g/mol. The highest BCUT2D eigenvalue weighted by Crippen LogP contribution is 2.31. The van der Waals surface area contributed by atoms with Crippen LogP contribution in [0.4, 0.5) is 0 Å². The van der Waals surface area contributed by atoms with E-state index in [2.05, 4.69) is 48.8 Å². The minimum absolute atomic E-state index is 0.0828. The first-order valence-corrected chi connectivity index (χ1v) is 4.06. The maximum Gasteiger partial charge on any atom is 0.0242 e. The van der Waals surface area contributed by atoms with Crippen LogP contribution in [-0.4, -0.2) is 5.54 Å². The van der Waals surface area contributed by atoms with Gasteiger partial charge in [-0.2, -0.15) is 0 Å². The number of nitrogens with one attached hydrogen (secondary N) is 1.